The average Bonchev–Trinajstić information content (AvgIpc) is 1.90. The third-order valence-corrected chi connectivity index (χ3v) is 0.903. The van der Waals surface area contributed by atoms with Crippen LogP contribution in [0.25, 0.3) is 0 Å². The molecule has 0 saturated carbocycles. The first kappa shape index (κ1) is 4.86. The molecule has 0 N–H and O–H groups in total. The lowest BCUT2D eigenvalue weighted by molar-refractivity contribution is 1.49. The van der Waals surface area contributed by atoms with E-state index in [4.69, 9.17) is 5.26 Å². The first-order valence-electron chi connectivity index (χ1n) is 2.38. The maximum Gasteiger partial charge on any atom is 0.0991 e. The summed E-state index contributed by atoms with van der Waals surface area (Å²) in [5.74, 6) is 0. The van der Waals surface area contributed by atoms with Gasteiger partial charge in [0.05, 0.1) is 11.6 Å². The van der Waals surface area contributed by atoms with Crippen LogP contribution in [0.4, 0.5) is 0 Å². The summed E-state index contributed by atoms with van der Waals surface area (Å²) in [4.78, 5) is 0. The van der Waals surface area contributed by atoms with Gasteiger partial charge in [0.2, 0.25) is 0 Å². The Kier molecular flexibility index (Phi) is 1.29. The minimum Gasteiger partial charge on any atom is -0.192 e. The molecular weight excluding hydrogens is 99.1 g/mol. The summed E-state index contributed by atoms with van der Waals surface area (Å²) in [6, 6.07) is 11.2. The molecule has 1 aromatic carbocycles. The largest absolute Gasteiger partial charge is 0.192 e. The van der Waals surface area contributed by atoms with E-state index in [0.29, 0.717) is 5.56 Å². The highest BCUT2D eigenvalue weighted by molar-refractivity contribution is 5.27. The monoisotopic (exact) mass is 104 g/mol. The van der Waals surface area contributed by atoms with E-state index < -0.39 is 0 Å². The van der Waals surface area contributed by atoms with Crippen LogP contribution in [0.3, 0.4) is 0 Å². The summed E-state index contributed by atoms with van der Waals surface area (Å²) in [5, 5.41) is 8.29. The van der Waals surface area contributed by atoms with Gasteiger partial charge in [-0.1, -0.05) is 18.2 Å². The fourth-order valence-electron chi connectivity index (χ4n) is 0.513. The van der Waals surface area contributed by atoms with E-state index in [1.54, 1.807) is 12.1 Å². The van der Waals surface area contributed by atoms with Crippen LogP contribution < -0.4 is 0 Å². The maximum absolute atomic E-state index is 8.29. The van der Waals surface area contributed by atoms with Crippen LogP contribution in [-0.2, 0) is 0 Å². The van der Waals surface area contributed by atoms with Crippen molar-refractivity contribution >= 4 is 0 Å². The van der Waals surface area contributed by atoms with E-state index in [9.17, 15) is 0 Å². The number of hydrogen-bond donors (Lipinski definition) is 0. The first-order valence-corrected chi connectivity index (χ1v) is 2.38. The van der Waals surface area contributed by atoms with E-state index in [-0.39, 0.29) is 0 Å². The maximum atomic E-state index is 8.29. The molecule has 0 spiro atoms. The smallest absolute Gasteiger partial charge is 0.0991 e. The molecule has 1 heteroatoms. The highest BCUT2D eigenvalue weighted by Crippen LogP contribution is 1.92. The van der Waals surface area contributed by atoms with Crippen molar-refractivity contribution < 1.29 is 0 Å². The van der Waals surface area contributed by atoms with Crippen LogP contribution in [0.15, 0.2) is 30.3 Å². The van der Waals surface area contributed by atoms with Crippen LogP contribution in [0.2, 0.25) is 0 Å². The Labute approximate surface area is 48.2 Å². The lowest BCUT2D eigenvalue weighted by Crippen LogP contribution is -1.66. The van der Waals surface area contributed by atoms with Gasteiger partial charge in [0.25, 0.3) is 0 Å². The number of hydrogen-bond acceptors (Lipinski definition) is 1. The van der Waals surface area contributed by atoms with Gasteiger partial charge in [0.15, 0.2) is 0 Å². The third kappa shape index (κ3) is 0.855. The fourth-order valence-corrected chi connectivity index (χ4v) is 0.513. The number of nitriles is 1. The van der Waals surface area contributed by atoms with Crippen molar-refractivity contribution in [1.82, 2.24) is 0 Å². The van der Waals surface area contributed by atoms with Crippen LogP contribution in [0.5, 0.6) is 0 Å². The van der Waals surface area contributed by atoms with Gasteiger partial charge in [-0.25, -0.2) is 0 Å². The summed E-state index contributed by atoms with van der Waals surface area (Å²) in [6.07, 6.45) is 0. The Balaban J connectivity index is 3.05. The second-order valence-electron chi connectivity index (χ2n) is 1.48. The molecule has 38 valence electrons. The van der Waals surface area contributed by atoms with Gasteiger partial charge in [0, 0.05) is 0 Å². The van der Waals surface area contributed by atoms with Crippen LogP contribution in [-0.4, -0.2) is 0 Å². The van der Waals surface area contributed by atoms with E-state index in [1.165, 1.54) is 0 Å². The number of rotatable bonds is 0. The highest BCUT2D eigenvalue weighted by Gasteiger charge is 1.79. The van der Waals surface area contributed by atoms with Crippen LogP contribution >= 0.6 is 0 Å². The quantitative estimate of drug-likeness (QED) is 0.490. The zero-order valence-corrected chi connectivity index (χ0v) is 4.33. The average molecular weight is 104 g/mol. The summed E-state index contributed by atoms with van der Waals surface area (Å²) < 4.78 is 0. The topological polar surface area (TPSA) is 23.8 Å². The molecule has 0 atom stereocenters. The molecule has 0 aliphatic rings. The van der Waals surface area contributed by atoms with Gasteiger partial charge in [-0.2, -0.15) is 5.26 Å². The number of nitrogens with zero attached hydrogens (tertiary/aromatic N) is 1. The minimum absolute atomic E-state index is 0.715. The molecular formula is C7H5N. The highest BCUT2D eigenvalue weighted by atomic mass is 14.2. The van der Waals surface area contributed by atoms with Gasteiger partial charge in [0.1, 0.15) is 0 Å². The first-order chi connectivity index (χ1) is 3.93. The summed E-state index contributed by atoms with van der Waals surface area (Å²) in [7, 11) is 0. The molecule has 8 heavy (non-hydrogen) atoms. The fraction of sp³-hybridized carbons (Fsp3) is 0. The predicted molar refractivity (Wildman–Crippen MR) is 31.2 cm³/mol. The van der Waals surface area contributed by atoms with Gasteiger partial charge >= 0.3 is 0 Å². The minimum atomic E-state index is 0.715. The molecule has 0 amide bonds. The van der Waals surface area contributed by atoms with Gasteiger partial charge in [-0.05, 0) is 12.1 Å². The zero-order valence-electron chi connectivity index (χ0n) is 4.33. The molecule has 0 unspecified atom stereocenters. The summed E-state index contributed by atoms with van der Waals surface area (Å²) in [5.41, 5.74) is 0.715. The standard InChI is InChI=1S/C7H5N/c8-6-7-4-2-1-3-5-7/h1-5H/i1+1. The Morgan fingerprint density at radius 3 is 2.12 bits per heavy atom. The van der Waals surface area contributed by atoms with Crippen molar-refractivity contribution in [3.05, 3.63) is 35.9 Å². The van der Waals surface area contributed by atoms with E-state index in [0.717, 1.165) is 0 Å². The SMILES string of the molecule is N#Cc1cc[13cH]cc1. The molecule has 0 fully saturated rings. The summed E-state index contributed by atoms with van der Waals surface area (Å²) in [6.45, 7) is 0. The molecule has 0 radical (unpaired) electrons. The molecule has 1 rings (SSSR count). The molecule has 0 saturated heterocycles. The van der Waals surface area contributed by atoms with Crippen molar-refractivity contribution in [2.75, 3.05) is 0 Å². The van der Waals surface area contributed by atoms with E-state index >= 15 is 0 Å². The molecule has 0 aliphatic carbocycles. The molecule has 1 nitrogen and oxygen atoms in total. The zero-order chi connectivity index (χ0) is 5.82. The van der Waals surface area contributed by atoms with Crippen molar-refractivity contribution in [3.63, 3.8) is 0 Å². The van der Waals surface area contributed by atoms with Crippen molar-refractivity contribution in [3.8, 4) is 6.07 Å². The normalized spacial score (nSPS) is 7.88. The van der Waals surface area contributed by atoms with Crippen LogP contribution in [0.1, 0.15) is 5.56 Å². The lowest BCUT2D eigenvalue weighted by Gasteiger charge is -1.80. The van der Waals surface area contributed by atoms with E-state index in [2.05, 4.69) is 0 Å². The summed E-state index contributed by atoms with van der Waals surface area (Å²) >= 11 is 0. The van der Waals surface area contributed by atoms with E-state index in [1.807, 2.05) is 24.3 Å². The van der Waals surface area contributed by atoms with Crippen LogP contribution in [0, 0.1) is 11.3 Å². The second-order valence-corrected chi connectivity index (χ2v) is 1.48. The van der Waals surface area contributed by atoms with Gasteiger partial charge < -0.3 is 0 Å². The van der Waals surface area contributed by atoms with Gasteiger partial charge in [-0.15, -0.1) is 0 Å². The Morgan fingerprint density at radius 1 is 1.12 bits per heavy atom. The third-order valence-electron chi connectivity index (χ3n) is 0.903. The second kappa shape index (κ2) is 2.13. The van der Waals surface area contributed by atoms with Crippen molar-refractivity contribution in [2.24, 2.45) is 0 Å². The number of benzene rings is 1. The molecule has 0 aliphatic heterocycles. The predicted octanol–water partition coefficient (Wildman–Crippen LogP) is 1.56. The van der Waals surface area contributed by atoms with Gasteiger partial charge in [-0.3, -0.25) is 0 Å². The Morgan fingerprint density at radius 2 is 1.75 bits per heavy atom. The molecule has 0 aromatic heterocycles. The van der Waals surface area contributed by atoms with Crippen molar-refractivity contribution in [2.45, 2.75) is 0 Å². The Bertz CT molecular complexity index is 195. The molecule has 0 heterocycles. The van der Waals surface area contributed by atoms with Crippen molar-refractivity contribution in [1.29, 1.82) is 5.26 Å². The lowest BCUT2D eigenvalue weighted by atomic mass is 10.3. The Hall–Kier alpha value is -1.29. The molecule has 1 aromatic rings. The molecule has 0 bridgehead atoms.